The van der Waals surface area contributed by atoms with Gasteiger partial charge in [0.15, 0.2) is 0 Å². The van der Waals surface area contributed by atoms with E-state index in [1.165, 1.54) is 40.1 Å². The van der Waals surface area contributed by atoms with Gasteiger partial charge in [-0.05, 0) is 150 Å². The van der Waals surface area contributed by atoms with E-state index in [2.05, 4.69) is 116 Å². The molecule has 12 aromatic rings. The summed E-state index contributed by atoms with van der Waals surface area (Å²) >= 11 is 0. The molecule has 5 heterocycles. The number of pyridine rings is 5. The fraction of sp³-hybridized carbons (Fsp3) is 0.0260. The van der Waals surface area contributed by atoms with Crippen LogP contribution in [0.2, 0.25) is 0 Å². The molecule has 0 aliphatic rings. The number of halogens is 1. The van der Waals surface area contributed by atoms with Crippen molar-refractivity contribution >= 4 is 0 Å². The Morgan fingerprint density at radius 2 is 0.593 bits per heavy atom. The number of nitrogens with zero attached hydrogens (tertiary/aromatic N) is 6. The van der Waals surface area contributed by atoms with Crippen molar-refractivity contribution < 1.29 is 9.04 Å². The van der Waals surface area contributed by atoms with Crippen LogP contribution in [0.15, 0.2) is 310 Å². The first-order chi connectivity index (χ1) is 41.9. The summed E-state index contributed by atoms with van der Waals surface area (Å²) in [6, 6.07) is 88.7. The fourth-order valence-corrected chi connectivity index (χ4v) is 7.43. The van der Waals surface area contributed by atoms with E-state index in [9.17, 15) is 4.39 Å². The van der Waals surface area contributed by atoms with Crippen LogP contribution in [0.25, 0.3) is 33.4 Å². The third-order valence-corrected chi connectivity index (χ3v) is 11.6. The second-order valence-corrected chi connectivity index (χ2v) is 17.8. The zero-order chi connectivity index (χ0) is 59.8. The van der Waals surface area contributed by atoms with Gasteiger partial charge in [-0.1, -0.05) is 193 Å². The fourth-order valence-electron chi connectivity index (χ4n) is 7.43. The zero-order valence-corrected chi connectivity index (χ0v) is 47.6. The Bertz CT molecular complexity index is 3920. The van der Waals surface area contributed by atoms with E-state index in [1.807, 2.05) is 245 Å². The molecule has 0 saturated carbocycles. The van der Waals surface area contributed by atoms with Crippen LogP contribution in [-0.4, -0.2) is 24.9 Å². The van der Waals surface area contributed by atoms with Crippen LogP contribution in [0, 0.1) is 73.3 Å². The molecule has 0 unspecified atom stereocenters. The first-order valence-corrected chi connectivity index (χ1v) is 26.7. The average Bonchev–Trinajstić information content (AvgIpc) is 3.71. The summed E-state index contributed by atoms with van der Waals surface area (Å²) in [6.07, 6.45) is 12.1. The quantitative estimate of drug-likeness (QED) is 0.0803. The molecule has 3 N–H and O–H groups in total. The van der Waals surface area contributed by atoms with Crippen LogP contribution < -0.4 is 6.15 Å². The monoisotopic (exact) mass is 1120 g/mol. The molecule has 0 aliphatic heterocycles. The molecule has 0 radical (unpaired) electrons. The number of benzene rings is 7. The van der Waals surface area contributed by atoms with Crippen LogP contribution >= 0.6 is 0 Å². The molecule has 0 bridgehead atoms. The van der Waals surface area contributed by atoms with Crippen molar-refractivity contribution in [2.24, 2.45) is 0 Å². The number of nitriles is 1. The number of rotatable bonds is 3. The van der Waals surface area contributed by atoms with Crippen LogP contribution in [0.5, 0.6) is 0 Å². The van der Waals surface area contributed by atoms with Gasteiger partial charge in [0.1, 0.15) is 0 Å². The molecule has 86 heavy (non-hydrogen) atoms. The Morgan fingerprint density at radius 1 is 0.302 bits per heavy atom. The van der Waals surface area contributed by atoms with E-state index in [-0.39, 0.29) is 6.15 Å². The Balaban J connectivity index is 0.000000187. The van der Waals surface area contributed by atoms with E-state index in [0.717, 1.165) is 44.8 Å². The van der Waals surface area contributed by atoms with Crippen LogP contribution in [0.4, 0.5) is 4.39 Å². The normalized spacial score (nSPS) is 9.02. The van der Waals surface area contributed by atoms with Crippen LogP contribution in [0.3, 0.4) is 0 Å². The summed E-state index contributed by atoms with van der Waals surface area (Å²) in [5.41, 5.74) is 15.6. The number of hydrogen-bond donors (Lipinski definition) is 1. The molecule has 0 fully saturated rings. The number of hydrogen-bond acceptors (Lipinski definition) is 7. The molecule has 12 rings (SSSR count). The van der Waals surface area contributed by atoms with Crippen molar-refractivity contribution in [2.75, 3.05) is 0 Å². The van der Waals surface area contributed by atoms with Crippen molar-refractivity contribution in [2.45, 2.75) is 13.8 Å². The molecule has 0 aliphatic carbocycles. The first kappa shape index (κ1) is 64.9. The van der Waals surface area contributed by atoms with Crippen molar-refractivity contribution in [1.29, 1.82) is 5.26 Å². The average molecular weight is 1120 g/mol. The standard InChI is InChI=1S/C14H11N.C13H8FN.2C13H9N.C12H11N.C11H9N.CO.H3N/c1-12-11-14(9-10-15-12)8-7-13-5-3-2-4-6-13;14-13-10-12(8-9-15-13)7-6-11-4-2-1-3-5-11;14-10-11-6-8-13(9-7-11)12-4-2-1-3-5-12;1-2-4-12(5-3-1)6-7-13-8-10-14-11-9-13;1-10-9-12(7-8-13-10)11-5-3-2-4-6-11;1-2-4-10(5-3-1)11-6-8-12-9-7-11;1-2;/h2-6,9-11H,1H3;1-5,8-10H;1-9H;1-5,8-11H;2-9H,1H3;1-9H;;1H3. The third kappa shape index (κ3) is 24.8. The second kappa shape index (κ2) is 38.7. The minimum Gasteiger partial charge on any atom is -0.265 e. The number of aryl methyl sites for hydroxylation is 2. The second-order valence-electron chi connectivity index (χ2n) is 17.8. The van der Waals surface area contributed by atoms with Gasteiger partial charge in [0, 0.05) is 94.2 Å². The smallest absolute Gasteiger partial charge is 0.0273 e. The first-order valence-electron chi connectivity index (χ1n) is 26.7. The summed E-state index contributed by atoms with van der Waals surface area (Å²) in [7, 11) is 0. The van der Waals surface area contributed by atoms with Gasteiger partial charge in [-0.15, -0.1) is 0 Å². The summed E-state index contributed by atoms with van der Waals surface area (Å²) in [5.74, 6) is 17.7. The minimum atomic E-state index is -0.505. The SMILES string of the molecule is C(#Cc1ccncc1)c1ccccc1.Cc1cc(-c2ccccc2)ccn1.Cc1cc(C#Cc2ccccc2)ccn1.Fc1cc(C#Cc2ccccc2)ccn1.N.N#Cc1ccc(-c2ccccc2)cc1.[C-]#[O+].c1ccc(-c2ccncc2)cc1. The van der Waals surface area contributed by atoms with Crippen molar-refractivity contribution in [3.63, 3.8) is 0 Å². The molecule has 0 atom stereocenters. The molecule has 9 heteroatoms. The summed E-state index contributed by atoms with van der Waals surface area (Å²) < 4.78 is 20.2. The van der Waals surface area contributed by atoms with Gasteiger partial charge >= 0.3 is 11.3 Å². The van der Waals surface area contributed by atoms with E-state index < -0.39 is 5.95 Å². The van der Waals surface area contributed by atoms with Crippen molar-refractivity contribution in [3.8, 4) is 75.0 Å². The van der Waals surface area contributed by atoms with Crippen LogP contribution in [0.1, 0.15) is 50.3 Å². The summed E-state index contributed by atoms with van der Waals surface area (Å²) in [6.45, 7) is 8.47. The van der Waals surface area contributed by atoms with Crippen molar-refractivity contribution in [3.05, 3.63) is 373 Å². The maximum absolute atomic E-state index is 12.7. The van der Waals surface area contributed by atoms with Gasteiger partial charge < -0.3 is 6.15 Å². The van der Waals surface area contributed by atoms with Gasteiger partial charge in [0.25, 0.3) is 0 Å². The Hall–Kier alpha value is -11.9. The van der Waals surface area contributed by atoms with E-state index in [0.29, 0.717) is 11.1 Å². The zero-order valence-electron chi connectivity index (χ0n) is 47.6. The van der Waals surface area contributed by atoms with Gasteiger partial charge in [-0.2, -0.15) is 9.65 Å². The molecule has 8 nitrogen and oxygen atoms in total. The molecular formula is C77H60FN7O. The third-order valence-electron chi connectivity index (χ3n) is 11.6. The Kier molecular flexibility index (Phi) is 29.2. The van der Waals surface area contributed by atoms with Crippen LogP contribution in [-0.2, 0) is 4.65 Å². The van der Waals surface area contributed by atoms with E-state index in [4.69, 9.17) is 9.91 Å². The van der Waals surface area contributed by atoms with E-state index >= 15 is 0 Å². The summed E-state index contributed by atoms with van der Waals surface area (Å²) in [4.78, 5) is 19.7. The van der Waals surface area contributed by atoms with Gasteiger partial charge in [-0.25, -0.2) is 4.98 Å². The predicted octanol–water partition coefficient (Wildman–Crippen LogP) is 17.0. The molecule has 0 saturated heterocycles. The molecule has 416 valence electrons. The molecule has 7 aromatic carbocycles. The summed E-state index contributed by atoms with van der Waals surface area (Å²) in [5, 5.41) is 8.65. The Morgan fingerprint density at radius 3 is 0.988 bits per heavy atom. The maximum atomic E-state index is 12.7. The van der Waals surface area contributed by atoms with Crippen molar-refractivity contribution in [1.82, 2.24) is 31.1 Å². The van der Waals surface area contributed by atoms with E-state index in [1.54, 1.807) is 24.7 Å². The number of aromatic nitrogens is 5. The predicted molar refractivity (Wildman–Crippen MR) is 344 cm³/mol. The molecule has 0 amide bonds. The molecule has 5 aromatic heterocycles. The largest absolute Gasteiger partial charge is 0.265 e. The Labute approximate surface area is 504 Å². The minimum absolute atomic E-state index is 0. The van der Waals surface area contributed by atoms with Gasteiger partial charge in [-0.3, -0.25) is 19.9 Å². The van der Waals surface area contributed by atoms with Gasteiger partial charge in [0.05, 0.1) is 11.6 Å². The molecular weight excluding hydrogens is 1060 g/mol. The molecule has 0 spiro atoms. The van der Waals surface area contributed by atoms with Gasteiger partial charge in [0.2, 0.25) is 5.95 Å². The topological polar surface area (TPSA) is 143 Å². The maximum Gasteiger partial charge on any atom is 0.0273 e.